The maximum Gasteiger partial charge on any atom is 0.409 e. The Hall–Kier alpha value is -3.21. The second-order valence-corrected chi connectivity index (χ2v) is 8.64. The first-order valence-electron chi connectivity index (χ1n) is 10.9. The summed E-state index contributed by atoms with van der Waals surface area (Å²) in [6.45, 7) is 7.03. The van der Waals surface area contributed by atoms with Crippen LogP contribution in [0.1, 0.15) is 18.9 Å². The summed E-state index contributed by atoms with van der Waals surface area (Å²) in [5, 5.41) is 0. The molecule has 0 radical (unpaired) electrons. The summed E-state index contributed by atoms with van der Waals surface area (Å²) in [4.78, 5) is 36.7. The summed E-state index contributed by atoms with van der Waals surface area (Å²) < 4.78 is 10.5. The molecule has 32 heavy (non-hydrogen) atoms. The molecule has 0 saturated carbocycles. The maximum absolute atomic E-state index is 12.1. The lowest BCUT2D eigenvalue weighted by Gasteiger charge is -2.37. The van der Waals surface area contributed by atoms with Crippen molar-refractivity contribution in [2.24, 2.45) is 0 Å². The molecule has 3 aliphatic heterocycles. The average molecular weight is 441 g/mol. The van der Waals surface area contributed by atoms with E-state index in [1.54, 1.807) is 17.3 Å². The number of nitrogens with zero attached hydrogens (tertiary/aromatic N) is 7. The van der Waals surface area contributed by atoms with Gasteiger partial charge in [-0.2, -0.15) is 4.98 Å². The number of methoxy groups -OCH3 is 1. The number of hydrogen-bond acceptors (Lipinski definition) is 10. The maximum atomic E-state index is 12.1. The SMILES string of the molecule is COC(=O)N1CC[C@](C)(N2CCc3c(-c4cnc(N)nc4)nc(N4CCOCC4)nc32)C1. The van der Waals surface area contributed by atoms with Crippen molar-refractivity contribution in [2.75, 3.05) is 68.6 Å². The van der Waals surface area contributed by atoms with Crippen LogP contribution in [-0.2, 0) is 15.9 Å². The molecule has 5 rings (SSSR count). The first-order valence-corrected chi connectivity index (χ1v) is 10.9. The van der Waals surface area contributed by atoms with E-state index in [2.05, 4.69) is 26.7 Å². The number of nitrogens with two attached hydrogens (primary N) is 1. The Kier molecular flexibility index (Phi) is 5.20. The van der Waals surface area contributed by atoms with Crippen LogP contribution in [0.15, 0.2) is 12.4 Å². The van der Waals surface area contributed by atoms with Crippen molar-refractivity contribution in [3.8, 4) is 11.3 Å². The third kappa shape index (κ3) is 3.56. The van der Waals surface area contributed by atoms with Crippen LogP contribution >= 0.6 is 0 Å². The molecule has 2 aromatic rings. The standard InChI is InChI=1S/C21H28N8O3/c1-21(4-6-28(13-21)20(30)31-2)29-5-3-15-16(14-11-23-18(22)24-12-14)25-19(26-17(15)29)27-7-9-32-10-8-27/h11-12H,3-10,13H2,1-2H3,(H2,22,23,24)/t21-/m0/s1. The van der Waals surface area contributed by atoms with Crippen LogP contribution in [-0.4, -0.2) is 89.5 Å². The minimum Gasteiger partial charge on any atom is -0.453 e. The van der Waals surface area contributed by atoms with Gasteiger partial charge in [0.05, 0.1) is 31.6 Å². The van der Waals surface area contributed by atoms with Crippen molar-refractivity contribution >= 4 is 23.8 Å². The van der Waals surface area contributed by atoms with E-state index in [-0.39, 0.29) is 17.6 Å². The topological polar surface area (TPSA) is 123 Å². The van der Waals surface area contributed by atoms with Crippen LogP contribution in [0.5, 0.6) is 0 Å². The van der Waals surface area contributed by atoms with Crippen LogP contribution in [0.2, 0.25) is 0 Å². The number of hydrogen-bond donors (Lipinski definition) is 1. The Morgan fingerprint density at radius 3 is 2.62 bits per heavy atom. The van der Waals surface area contributed by atoms with Gasteiger partial charge in [-0.3, -0.25) is 0 Å². The Bertz CT molecular complexity index is 1010. The third-order valence-corrected chi connectivity index (χ3v) is 6.59. The van der Waals surface area contributed by atoms with Gasteiger partial charge in [-0.15, -0.1) is 0 Å². The van der Waals surface area contributed by atoms with Gasteiger partial charge in [-0.25, -0.2) is 19.7 Å². The van der Waals surface area contributed by atoms with Gasteiger partial charge in [-0.05, 0) is 19.8 Å². The zero-order valence-electron chi connectivity index (χ0n) is 18.5. The summed E-state index contributed by atoms with van der Waals surface area (Å²) in [6.07, 6.45) is 4.80. The molecule has 3 aliphatic rings. The lowest BCUT2D eigenvalue weighted by atomic mass is 9.99. The normalized spacial score (nSPS) is 22.9. The molecule has 11 heteroatoms. The first kappa shape index (κ1) is 20.7. The minimum absolute atomic E-state index is 0.231. The Labute approximate surface area is 186 Å². The lowest BCUT2D eigenvalue weighted by molar-refractivity contribution is 0.122. The largest absolute Gasteiger partial charge is 0.453 e. The van der Waals surface area contributed by atoms with E-state index in [0.717, 1.165) is 55.1 Å². The molecule has 0 bridgehead atoms. The molecule has 1 atom stereocenters. The van der Waals surface area contributed by atoms with Crippen molar-refractivity contribution in [2.45, 2.75) is 25.3 Å². The highest BCUT2D eigenvalue weighted by atomic mass is 16.5. The molecule has 11 nitrogen and oxygen atoms in total. The van der Waals surface area contributed by atoms with Crippen molar-refractivity contribution in [3.05, 3.63) is 18.0 Å². The fraction of sp³-hybridized carbons (Fsp3) is 0.571. The molecular weight excluding hydrogens is 412 g/mol. The van der Waals surface area contributed by atoms with E-state index in [9.17, 15) is 4.79 Å². The average Bonchev–Trinajstić information content (AvgIpc) is 3.44. The number of likely N-dealkylation sites (tertiary alicyclic amines) is 1. The Balaban J connectivity index is 1.56. The molecule has 0 unspecified atom stereocenters. The van der Waals surface area contributed by atoms with Gasteiger partial charge >= 0.3 is 6.09 Å². The molecular formula is C21H28N8O3. The van der Waals surface area contributed by atoms with Gasteiger partial charge in [0.1, 0.15) is 5.82 Å². The highest BCUT2D eigenvalue weighted by Crippen LogP contribution is 2.41. The number of fused-ring (bicyclic) bond motifs is 1. The molecule has 5 heterocycles. The highest BCUT2D eigenvalue weighted by molar-refractivity contribution is 5.74. The summed E-state index contributed by atoms with van der Waals surface area (Å²) in [6, 6.07) is 0. The smallest absolute Gasteiger partial charge is 0.409 e. The van der Waals surface area contributed by atoms with Crippen LogP contribution < -0.4 is 15.5 Å². The van der Waals surface area contributed by atoms with Gasteiger partial charge in [0.15, 0.2) is 0 Å². The zero-order chi connectivity index (χ0) is 22.3. The predicted octanol–water partition coefficient (Wildman–Crippen LogP) is 0.946. The molecule has 2 fully saturated rings. The number of anilines is 3. The predicted molar refractivity (Wildman–Crippen MR) is 119 cm³/mol. The van der Waals surface area contributed by atoms with E-state index in [4.69, 9.17) is 25.2 Å². The van der Waals surface area contributed by atoms with E-state index in [1.807, 2.05) is 0 Å². The van der Waals surface area contributed by atoms with E-state index >= 15 is 0 Å². The quantitative estimate of drug-likeness (QED) is 0.738. The summed E-state index contributed by atoms with van der Waals surface area (Å²) in [5.41, 5.74) is 8.21. The summed E-state index contributed by atoms with van der Waals surface area (Å²) in [7, 11) is 1.42. The molecule has 2 saturated heterocycles. The Morgan fingerprint density at radius 2 is 1.91 bits per heavy atom. The fourth-order valence-electron chi connectivity index (χ4n) is 4.82. The molecule has 2 aromatic heterocycles. The first-order chi connectivity index (χ1) is 15.5. The van der Waals surface area contributed by atoms with Crippen LogP contribution in [0.3, 0.4) is 0 Å². The number of nitrogen functional groups attached to an aromatic ring is 1. The molecule has 2 N–H and O–H groups in total. The number of morpholine rings is 1. The second-order valence-electron chi connectivity index (χ2n) is 8.64. The molecule has 0 spiro atoms. The number of carbonyl (C=O) groups excluding carboxylic acids is 1. The second kappa shape index (κ2) is 8.05. The van der Waals surface area contributed by atoms with Crippen LogP contribution in [0.4, 0.5) is 22.5 Å². The Morgan fingerprint density at radius 1 is 1.16 bits per heavy atom. The fourth-order valence-corrected chi connectivity index (χ4v) is 4.82. The van der Waals surface area contributed by atoms with Crippen molar-refractivity contribution in [1.82, 2.24) is 24.8 Å². The minimum atomic E-state index is -0.287. The van der Waals surface area contributed by atoms with Crippen molar-refractivity contribution in [3.63, 3.8) is 0 Å². The third-order valence-electron chi connectivity index (χ3n) is 6.59. The molecule has 0 aromatic carbocycles. The lowest BCUT2D eigenvalue weighted by Crippen LogP contribution is -2.49. The van der Waals surface area contributed by atoms with Gasteiger partial charge in [0.2, 0.25) is 11.9 Å². The van der Waals surface area contributed by atoms with Crippen LogP contribution in [0.25, 0.3) is 11.3 Å². The van der Waals surface area contributed by atoms with Crippen molar-refractivity contribution in [1.29, 1.82) is 0 Å². The summed E-state index contributed by atoms with van der Waals surface area (Å²) in [5.74, 6) is 1.83. The summed E-state index contributed by atoms with van der Waals surface area (Å²) >= 11 is 0. The molecule has 170 valence electrons. The van der Waals surface area contributed by atoms with E-state index in [1.165, 1.54) is 7.11 Å². The highest BCUT2D eigenvalue weighted by Gasteiger charge is 2.45. The molecule has 1 amide bonds. The van der Waals surface area contributed by atoms with Crippen molar-refractivity contribution < 1.29 is 14.3 Å². The van der Waals surface area contributed by atoms with Gasteiger partial charge in [-0.1, -0.05) is 0 Å². The number of amides is 1. The van der Waals surface area contributed by atoms with Gasteiger partial charge in [0, 0.05) is 56.2 Å². The van der Waals surface area contributed by atoms with Crippen LogP contribution in [0, 0.1) is 0 Å². The number of rotatable bonds is 3. The van der Waals surface area contributed by atoms with E-state index in [0.29, 0.717) is 32.3 Å². The number of carbonyl (C=O) groups is 1. The number of ether oxygens (including phenoxy) is 2. The van der Waals surface area contributed by atoms with Gasteiger partial charge < -0.3 is 29.9 Å². The zero-order valence-corrected chi connectivity index (χ0v) is 18.5. The van der Waals surface area contributed by atoms with E-state index < -0.39 is 0 Å². The van der Waals surface area contributed by atoms with Gasteiger partial charge in [0.25, 0.3) is 0 Å². The number of aromatic nitrogens is 4. The monoisotopic (exact) mass is 440 g/mol. The molecule has 0 aliphatic carbocycles.